The van der Waals surface area contributed by atoms with Crippen LogP contribution in [0.15, 0.2) is 0 Å². The Bertz CT molecular complexity index is 278. The molecule has 0 saturated carbocycles. The predicted molar refractivity (Wildman–Crippen MR) is 92.9 cm³/mol. The number of nitrogens with one attached hydrogen (secondary N) is 2. The maximum Gasteiger partial charge on any atom is 0.220 e. The Kier molecular flexibility index (Phi) is 11.2. The highest BCUT2D eigenvalue weighted by Gasteiger charge is 2.22. The van der Waals surface area contributed by atoms with E-state index in [1.807, 2.05) is 0 Å². The van der Waals surface area contributed by atoms with Crippen LogP contribution in [0.2, 0.25) is 0 Å². The fourth-order valence-corrected chi connectivity index (χ4v) is 3.11. The van der Waals surface area contributed by atoms with Crippen LogP contribution in [-0.2, 0) is 4.79 Å². The first-order valence-electron chi connectivity index (χ1n) is 8.49. The second-order valence-corrected chi connectivity index (χ2v) is 7.06. The molecule has 1 aliphatic rings. The molecule has 1 amide bonds. The van der Waals surface area contributed by atoms with Crippen molar-refractivity contribution >= 4 is 18.3 Å². The van der Waals surface area contributed by atoms with E-state index < -0.39 is 0 Å². The highest BCUT2D eigenvalue weighted by atomic mass is 35.5. The number of hydrogen-bond acceptors (Lipinski definition) is 2. The zero-order valence-electron chi connectivity index (χ0n) is 14.3. The summed E-state index contributed by atoms with van der Waals surface area (Å²) in [5, 5.41) is 6.56. The lowest BCUT2D eigenvalue weighted by Crippen LogP contribution is -2.36. The normalized spacial score (nSPS) is 18.9. The maximum atomic E-state index is 12.1. The Morgan fingerprint density at radius 3 is 2.33 bits per heavy atom. The largest absolute Gasteiger partial charge is 0.354 e. The predicted octanol–water partition coefficient (Wildman–Crippen LogP) is 3.77. The van der Waals surface area contributed by atoms with Crippen LogP contribution in [0.25, 0.3) is 0 Å². The van der Waals surface area contributed by atoms with E-state index in [-0.39, 0.29) is 18.3 Å². The molecule has 0 spiro atoms. The van der Waals surface area contributed by atoms with Crippen molar-refractivity contribution in [2.75, 3.05) is 13.1 Å². The standard InChI is InChI=1S/C17H34N2O.ClH/c1-13(2)6-5-7-15(4)19-17(20)12-14(3)16-8-10-18-11-9-16;/h13-16,18H,5-12H2,1-4H3,(H,19,20);1H. The lowest BCUT2D eigenvalue weighted by Gasteiger charge is -2.28. The third-order valence-electron chi connectivity index (χ3n) is 4.52. The molecule has 2 unspecified atom stereocenters. The Labute approximate surface area is 137 Å². The van der Waals surface area contributed by atoms with E-state index >= 15 is 0 Å². The van der Waals surface area contributed by atoms with Crippen molar-refractivity contribution in [2.24, 2.45) is 17.8 Å². The van der Waals surface area contributed by atoms with Gasteiger partial charge >= 0.3 is 0 Å². The molecule has 2 N–H and O–H groups in total. The zero-order chi connectivity index (χ0) is 15.0. The first-order valence-corrected chi connectivity index (χ1v) is 8.49. The Morgan fingerprint density at radius 2 is 1.76 bits per heavy atom. The van der Waals surface area contributed by atoms with Crippen LogP contribution in [0.4, 0.5) is 0 Å². The van der Waals surface area contributed by atoms with E-state index in [0.29, 0.717) is 18.4 Å². The molecule has 1 saturated heterocycles. The molecule has 0 aromatic rings. The number of hydrogen-bond donors (Lipinski definition) is 2. The lowest BCUT2D eigenvalue weighted by molar-refractivity contribution is -0.123. The van der Waals surface area contributed by atoms with Gasteiger partial charge in [-0.3, -0.25) is 4.79 Å². The minimum atomic E-state index is 0. The molecule has 0 aromatic heterocycles. The van der Waals surface area contributed by atoms with E-state index in [1.54, 1.807) is 0 Å². The third kappa shape index (κ3) is 9.36. The quantitative estimate of drug-likeness (QED) is 0.715. The SMILES string of the molecule is CC(C)CCCC(C)NC(=O)CC(C)C1CCNCC1.Cl. The first kappa shape index (κ1) is 20.7. The molecular weight excluding hydrogens is 284 g/mol. The summed E-state index contributed by atoms with van der Waals surface area (Å²) in [6, 6.07) is 0.321. The van der Waals surface area contributed by atoms with Gasteiger partial charge in [-0.1, -0.05) is 33.6 Å². The molecule has 4 heteroatoms. The van der Waals surface area contributed by atoms with Gasteiger partial charge in [-0.2, -0.15) is 0 Å². The Balaban J connectivity index is 0.00000400. The van der Waals surface area contributed by atoms with Gasteiger partial charge in [0.25, 0.3) is 0 Å². The Hall–Kier alpha value is -0.280. The van der Waals surface area contributed by atoms with Gasteiger partial charge in [0, 0.05) is 12.5 Å². The Morgan fingerprint density at radius 1 is 1.14 bits per heavy atom. The number of piperidine rings is 1. The molecule has 21 heavy (non-hydrogen) atoms. The van der Waals surface area contributed by atoms with Crippen LogP contribution >= 0.6 is 12.4 Å². The van der Waals surface area contributed by atoms with Gasteiger partial charge < -0.3 is 10.6 Å². The topological polar surface area (TPSA) is 41.1 Å². The first-order chi connectivity index (χ1) is 9.49. The molecule has 3 nitrogen and oxygen atoms in total. The van der Waals surface area contributed by atoms with E-state index in [1.165, 1.54) is 25.7 Å². The fourth-order valence-electron chi connectivity index (χ4n) is 3.11. The minimum absolute atomic E-state index is 0. The van der Waals surface area contributed by atoms with E-state index in [9.17, 15) is 4.79 Å². The van der Waals surface area contributed by atoms with Crippen molar-refractivity contribution < 1.29 is 4.79 Å². The molecule has 1 aliphatic heterocycles. The van der Waals surface area contributed by atoms with Crippen LogP contribution in [0.1, 0.15) is 66.2 Å². The van der Waals surface area contributed by atoms with Crippen molar-refractivity contribution in [1.82, 2.24) is 10.6 Å². The monoisotopic (exact) mass is 318 g/mol. The smallest absolute Gasteiger partial charge is 0.220 e. The van der Waals surface area contributed by atoms with Crippen LogP contribution in [0.3, 0.4) is 0 Å². The van der Waals surface area contributed by atoms with Crippen molar-refractivity contribution in [3.8, 4) is 0 Å². The van der Waals surface area contributed by atoms with Crippen LogP contribution < -0.4 is 10.6 Å². The summed E-state index contributed by atoms with van der Waals surface area (Å²) in [5.41, 5.74) is 0. The van der Waals surface area contributed by atoms with E-state index in [0.717, 1.165) is 31.3 Å². The van der Waals surface area contributed by atoms with Crippen molar-refractivity contribution in [1.29, 1.82) is 0 Å². The molecule has 1 fully saturated rings. The molecule has 2 atom stereocenters. The van der Waals surface area contributed by atoms with Gasteiger partial charge in [0.05, 0.1) is 0 Å². The van der Waals surface area contributed by atoms with Crippen LogP contribution in [-0.4, -0.2) is 25.0 Å². The average Bonchev–Trinajstić information content (AvgIpc) is 2.38. The van der Waals surface area contributed by atoms with E-state index in [4.69, 9.17) is 0 Å². The summed E-state index contributed by atoms with van der Waals surface area (Å²) in [5.74, 6) is 2.24. The number of carbonyl (C=O) groups excluding carboxylic acids is 1. The van der Waals surface area contributed by atoms with Crippen molar-refractivity contribution in [3.63, 3.8) is 0 Å². The second kappa shape index (κ2) is 11.3. The van der Waals surface area contributed by atoms with Crippen LogP contribution in [0, 0.1) is 17.8 Å². The molecular formula is C17H35ClN2O. The van der Waals surface area contributed by atoms with Gasteiger partial charge in [-0.15, -0.1) is 12.4 Å². The summed E-state index contributed by atoms with van der Waals surface area (Å²) in [4.78, 5) is 12.1. The average molecular weight is 319 g/mol. The molecule has 0 bridgehead atoms. The highest BCUT2D eigenvalue weighted by molar-refractivity contribution is 5.85. The van der Waals surface area contributed by atoms with Crippen molar-refractivity contribution in [2.45, 2.75) is 72.3 Å². The molecule has 1 heterocycles. The molecule has 0 aliphatic carbocycles. The summed E-state index contributed by atoms with van der Waals surface area (Å²) in [6.45, 7) is 11.1. The van der Waals surface area contributed by atoms with Gasteiger partial charge in [-0.25, -0.2) is 0 Å². The lowest BCUT2D eigenvalue weighted by atomic mass is 9.84. The summed E-state index contributed by atoms with van der Waals surface area (Å²) in [6.07, 6.45) is 6.70. The fraction of sp³-hybridized carbons (Fsp3) is 0.941. The number of halogens is 1. The van der Waals surface area contributed by atoms with Crippen molar-refractivity contribution in [3.05, 3.63) is 0 Å². The summed E-state index contributed by atoms with van der Waals surface area (Å²) >= 11 is 0. The highest BCUT2D eigenvalue weighted by Crippen LogP contribution is 2.24. The molecule has 0 radical (unpaired) electrons. The molecule has 126 valence electrons. The maximum absolute atomic E-state index is 12.1. The van der Waals surface area contributed by atoms with Gasteiger partial charge in [0.1, 0.15) is 0 Å². The molecule has 1 rings (SSSR count). The number of amides is 1. The number of rotatable bonds is 8. The van der Waals surface area contributed by atoms with Crippen LogP contribution in [0.5, 0.6) is 0 Å². The summed E-state index contributed by atoms with van der Waals surface area (Å²) < 4.78 is 0. The summed E-state index contributed by atoms with van der Waals surface area (Å²) in [7, 11) is 0. The van der Waals surface area contributed by atoms with E-state index in [2.05, 4.69) is 38.3 Å². The van der Waals surface area contributed by atoms with Gasteiger partial charge in [0.15, 0.2) is 0 Å². The van der Waals surface area contributed by atoms with Gasteiger partial charge in [0.2, 0.25) is 5.91 Å². The molecule has 0 aromatic carbocycles. The van der Waals surface area contributed by atoms with Gasteiger partial charge in [-0.05, 0) is 57.0 Å². The zero-order valence-corrected chi connectivity index (χ0v) is 15.1. The third-order valence-corrected chi connectivity index (χ3v) is 4.52. The minimum Gasteiger partial charge on any atom is -0.354 e. The number of carbonyl (C=O) groups is 1. The second-order valence-electron chi connectivity index (χ2n) is 7.06.